The number of furan rings is 1. The lowest BCUT2D eigenvalue weighted by atomic mass is 10.0. The summed E-state index contributed by atoms with van der Waals surface area (Å²) in [6.07, 6.45) is 2.36. The van der Waals surface area contributed by atoms with Crippen molar-refractivity contribution in [3.05, 3.63) is 46.5 Å². The van der Waals surface area contributed by atoms with Crippen LogP contribution in [0.1, 0.15) is 40.8 Å². The number of hydrogen-bond donors (Lipinski definition) is 1. The fourth-order valence-electron chi connectivity index (χ4n) is 2.83. The molecule has 0 spiro atoms. The molecular formula is C19H21NO5S2. The topological polar surface area (TPSA) is 87.8 Å². The van der Waals surface area contributed by atoms with E-state index in [-0.39, 0.29) is 15.7 Å². The van der Waals surface area contributed by atoms with E-state index in [0.29, 0.717) is 33.6 Å². The van der Waals surface area contributed by atoms with E-state index < -0.39 is 10.0 Å². The van der Waals surface area contributed by atoms with Crippen LogP contribution in [-0.2, 0) is 16.4 Å². The molecule has 0 saturated carbocycles. The standard InChI is InChI=1S/C19H21NO5S2/c1-4-5-6-15-18(19(22)16-9-10-17(21)26-16)13-11-12(7-8-14(13)25-15)27(23,24)20(2)3/h7-11,21H,4-6H2,1-3H3. The van der Waals surface area contributed by atoms with Crippen molar-refractivity contribution in [2.24, 2.45) is 0 Å². The van der Waals surface area contributed by atoms with Gasteiger partial charge in [0.05, 0.1) is 15.3 Å². The summed E-state index contributed by atoms with van der Waals surface area (Å²) in [4.78, 5) is 13.6. The maximum absolute atomic E-state index is 13.1. The third-order valence-corrected chi connectivity index (χ3v) is 7.01. The predicted octanol–water partition coefficient (Wildman–Crippen LogP) is 4.02. The average Bonchev–Trinajstić information content (AvgIpc) is 3.21. The van der Waals surface area contributed by atoms with E-state index in [2.05, 4.69) is 0 Å². The Labute approximate surface area is 162 Å². The molecule has 2 aromatic heterocycles. The molecule has 0 aliphatic rings. The number of carbonyl (C=O) groups is 1. The van der Waals surface area contributed by atoms with Crippen LogP contribution in [-0.4, -0.2) is 37.7 Å². The Morgan fingerprint density at radius 1 is 1.22 bits per heavy atom. The Morgan fingerprint density at radius 2 is 1.96 bits per heavy atom. The van der Waals surface area contributed by atoms with Gasteiger partial charge in [-0.3, -0.25) is 4.79 Å². The van der Waals surface area contributed by atoms with Gasteiger partial charge in [-0.05, 0) is 36.8 Å². The van der Waals surface area contributed by atoms with Crippen molar-refractivity contribution in [1.82, 2.24) is 4.31 Å². The quantitative estimate of drug-likeness (QED) is 0.598. The minimum atomic E-state index is -3.64. The summed E-state index contributed by atoms with van der Waals surface area (Å²) in [6, 6.07) is 7.59. The lowest BCUT2D eigenvalue weighted by molar-refractivity contribution is 0.104. The number of carbonyl (C=O) groups excluding carboxylic acids is 1. The van der Waals surface area contributed by atoms with Gasteiger partial charge in [0.25, 0.3) is 0 Å². The molecular weight excluding hydrogens is 386 g/mol. The molecule has 3 rings (SSSR count). The van der Waals surface area contributed by atoms with Gasteiger partial charge < -0.3 is 9.52 Å². The van der Waals surface area contributed by atoms with E-state index in [0.717, 1.165) is 28.5 Å². The number of aryl methyl sites for hydroxylation is 1. The number of unbranched alkanes of at least 4 members (excludes halogenated alkanes) is 1. The largest absolute Gasteiger partial charge is 0.499 e. The number of aromatic hydroxyl groups is 1. The number of hydrogen-bond acceptors (Lipinski definition) is 6. The molecule has 0 atom stereocenters. The van der Waals surface area contributed by atoms with E-state index in [1.807, 2.05) is 6.92 Å². The highest BCUT2D eigenvalue weighted by atomic mass is 32.2. The van der Waals surface area contributed by atoms with Gasteiger partial charge in [0.1, 0.15) is 11.3 Å². The first-order chi connectivity index (χ1) is 12.8. The Kier molecular flexibility index (Phi) is 5.41. The number of thiophene rings is 1. The Balaban J connectivity index is 2.22. The Hall–Kier alpha value is -2.16. The van der Waals surface area contributed by atoms with E-state index in [4.69, 9.17) is 4.42 Å². The molecule has 0 aliphatic carbocycles. The lowest BCUT2D eigenvalue weighted by Crippen LogP contribution is -2.22. The molecule has 27 heavy (non-hydrogen) atoms. The summed E-state index contributed by atoms with van der Waals surface area (Å²) in [5.74, 6) is 0.272. The zero-order valence-electron chi connectivity index (χ0n) is 15.4. The fourth-order valence-corrected chi connectivity index (χ4v) is 4.45. The first kappa shape index (κ1) is 19.6. The molecule has 3 aromatic rings. The second kappa shape index (κ2) is 7.46. The first-order valence-electron chi connectivity index (χ1n) is 8.57. The molecule has 144 valence electrons. The zero-order chi connectivity index (χ0) is 19.8. The van der Waals surface area contributed by atoms with Gasteiger partial charge in [-0.1, -0.05) is 24.7 Å². The molecule has 0 aliphatic heterocycles. The van der Waals surface area contributed by atoms with Crippen molar-refractivity contribution in [2.45, 2.75) is 31.1 Å². The van der Waals surface area contributed by atoms with Crippen molar-refractivity contribution < 1.29 is 22.7 Å². The number of rotatable bonds is 7. The molecule has 2 heterocycles. The van der Waals surface area contributed by atoms with Gasteiger partial charge in [-0.25, -0.2) is 12.7 Å². The summed E-state index contributed by atoms with van der Waals surface area (Å²) in [6.45, 7) is 2.04. The van der Waals surface area contributed by atoms with Crippen molar-refractivity contribution in [2.75, 3.05) is 14.1 Å². The van der Waals surface area contributed by atoms with Crippen LogP contribution < -0.4 is 0 Å². The normalized spacial score (nSPS) is 12.1. The third kappa shape index (κ3) is 3.65. The summed E-state index contributed by atoms with van der Waals surface area (Å²) in [7, 11) is -0.715. The van der Waals surface area contributed by atoms with Crippen LogP contribution in [0.15, 0.2) is 39.6 Å². The molecule has 0 fully saturated rings. The fraction of sp³-hybridized carbons (Fsp3) is 0.316. The number of fused-ring (bicyclic) bond motifs is 1. The SMILES string of the molecule is CCCCc1oc2ccc(S(=O)(=O)N(C)C)cc2c1C(=O)c1ccc(O)s1. The molecule has 1 aromatic carbocycles. The molecule has 8 heteroatoms. The summed E-state index contributed by atoms with van der Waals surface area (Å²) >= 11 is 0.988. The van der Waals surface area contributed by atoms with Gasteiger partial charge >= 0.3 is 0 Å². The van der Waals surface area contributed by atoms with Crippen LogP contribution in [0.5, 0.6) is 5.06 Å². The molecule has 0 saturated heterocycles. The molecule has 1 N–H and O–H groups in total. The molecule has 0 radical (unpaired) electrons. The third-order valence-electron chi connectivity index (χ3n) is 4.31. The minimum absolute atomic E-state index is 0.0529. The van der Waals surface area contributed by atoms with Gasteiger partial charge in [0, 0.05) is 25.9 Å². The summed E-state index contributed by atoms with van der Waals surface area (Å²) < 4.78 is 32.0. The highest BCUT2D eigenvalue weighted by molar-refractivity contribution is 7.89. The molecule has 0 unspecified atom stereocenters. The van der Waals surface area contributed by atoms with E-state index in [1.165, 1.54) is 32.3 Å². The van der Waals surface area contributed by atoms with Crippen molar-refractivity contribution in [3.63, 3.8) is 0 Å². The maximum Gasteiger partial charge on any atom is 0.242 e. The summed E-state index contributed by atoms with van der Waals surface area (Å²) in [5.41, 5.74) is 0.846. The van der Waals surface area contributed by atoms with Crippen LogP contribution in [0.3, 0.4) is 0 Å². The van der Waals surface area contributed by atoms with Gasteiger partial charge in [0.2, 0.25) is 15.8 Å². The number of sulfonamides is 1. The molecule has 0 amide bonds. The van der Waals surface area contributed by atoms with Crippen molar-refractivity contribution >= 4 is 38.1 Å². The monoisotopic (exact) mass is 407 g/mol. The van der Waals surface area contributed by atoms with Gasteiger partial charge in [-0.15, -0.1) is 0 Å². The van der Waals surface area contributed by atoms with E-state index >= 15 is 0 Å². The molecule has 6 nitrogen and oxygen atoms in total. The van der Waals surface area contributed by atoms with Crippen LogP contribution in [0.25, 0.3) is 11.0 Å². The number of nitrogens with zero attached hydrogens (tertiary/aromatic N) is 1. The maximum atomic E-state index is 13.1. The highest BCUT2D eigenvalue weighted by Gasteiger charge is 2.25. The second-order valence-electron chi connectivity index (χ2n) is 6.42. The smallest absolute Gasteiger partial charge is 0.242 e. The van der Waals surface area contributed by atoms with E-state index in [1.54, 1.807) is 12.1 Å². The van der Waals surface area contributed by atoms with Crippen molar-refractivity contribution in [3.8, 4) is 5.06 Å². The summed E-state index contributed by atoms with van der Waals surface area (Å²) in [5, 5.41) is 10.1. The van der Waals surface area contributed by atoms with Crippen LogP contribution in [0.2, 0.25) is 0 Å². The van der Waals surface area contributed by atoms with Crippen molar-refractivity contribution in [1.29, 1.82) is 0 Å². The van der Waals surface area contributed by atoms with Gasteiger partial charge in [-0.2, -0.15) is 0 Å². The Bertz CT molecular complexity index is 1090. The van der Waals surface area contributed by atoms with Gasteiger partial charge in [0.15, 0.2) is 5.06 Å². The Morgan fingerprint density at radius 3 is 2.56 bits per heavy atom. The average molecular weight is 408 g/mol. The van der Waals surface area contributed by atoms with Crippen LogP contribution in [0.4, 0.5) is 0 Å². The second-order valence-corrected chi connectivity index (χ2v) is 9.63. The minimum Gasteiger partial charge on any atom is -0.499 e. The molecule has 0 bridgehead atoms. The van der Waals surface area contributed by atoms with Crippen LogP contribution in [0, 0.1) is 0 Å². The predicted molar refractivity (Wildman–Crippen MR) is 105 cm³/mol. The van der Waals surface area contributed by atoms with E-state index in [9.17, 15) is 18.3 Å². The highest BCUT2D eigenvalue weighted by Crippen LogP contribution is 2.34. The lowest BCUT2D eigenvalue weighted by Gasteiger charge is -2.11. The van der Waals surface area contributed by atoms with Crippen LogP contribution >= 0.6 is 11.3 Å². The number of benzene rings is 1. The first-order valence-corrected chi connectivity index (χ1v) is 10.8. The zero-order valence-corrected chi connectivity index (χ0v) is 17.0. The number of ketones is 1.